The predicted molar refractivity (Wildman–Crippen MR) is 88.6 cm³/mol. The highest BCUT2D eigenvalue weighted by Crippen LogP contribution is 2.33. The number of fused-ring (bicyclic) bond motifs is 1. The van der Waals surface area contributed by atoms with Crippen molar-refractivity contribution in [3.63, 3.8) is 0 Å². The van der Waals surface area contributed by atoms with E-state index in [0.717, 1.165) is 41.3 Å². The molecule has 0 saturated heterocycles. The number of benzene rings is 2. The molecule has 0 heterocycles. The van der Waals surface area contributed by atoms with Gasteiger partial charge < -0.3 is 10.1 Å². The number of rotatable bonds is 3. The average Bonchev–Trinajstić information content (AvgIpc) is 2.50. The van der Waals surface area contributed by atoms with Crippen molar-refractivity contribution in [2.45, 2.75) is 32.2 Å². The summed E-state index contributed by atoms with van der Waals surface area (Å²) in [4.78, 5) is 0. The molecule has 3 rings (SSSR count). The monoisotopic (exact) mass is 301 g/mol. The number of hydrogen-bond acceptors (Lipinski definition) is 2. The Bertz CT molecular complexity index is 654. The summed E-state index contributed by atoms with van der Waals surface area (Å²) in [6.07, 6.45) is 3.32. The molecule has 0 amide bonds. The molecular formula is C18H20ClNO. The Hall–Kier alpha value is -1.67. The van der Waals surface area contributed by atoms with Gasteiger partial charge in [0.05, 0.1) is 12.8 Å². The summed E-state index contributed by atoms with van der Waals surface area (Å²) in [6.45, 7) is 2.02. The van der Waals surface area contributed by atoms with Gasteiger partial charge in [0.25, 0.3) is 0 Å². The number of aryl methyl sites for hydroxylation is 2. The maximum Gasteiger partial charge on any atom is 0.143 e. The molecule has 0 radical (unpaired) electrons. The third-order valence-corrected chi connectivity index (χ3v) is 4.59. The zero-order valence-corrected chi connectivity index (χ0v) is 13.2. The lowest BCUT2D eigenvalue weighted by Crippen LogP contribution is -2.27. The Morgan fingerprint density at radius 1 is 1.19 bits per heavy atom. The van der Waals surface area contributed by atoms with Gasteiger partial charge in [-0.05, 0) is 48.9 Å². The molecule has 110 valence electrons. The molecule has 1 unspecified atom stereocenters. The van der Waals surface area contributed by atoms with Crippen molar-refractivity contribution < 1.29 is 4.74 Å². The van der Waals surface area contributed by atoms with E-state index < -0.39 is 0 Å². The van der Waals surface area contributed by atoms with Crippen molar-refractivity contribution in [1.29, 1.82) is 0 Å². The fourth-order valence-electron chi connectivity index (χ4n) is 2.99. The molecule has 1 aliphatic carbocycles. The molecule has 0 aliphatic heterocycles. The van der Waals surface area contributed by atoms with Crippen LogP contribution in [0.2, 0.25) is 5.02 Å². The molecule has 0 aromatic heterocycles. The summed E-state index contributed by atoms with van der Waals surface area (Å²) in [6, 6.07) is 13.1. The molecule has 21 heavy (non-hydrogen) atoms. The Labute approximate surface area is 131 Å². The van der Waals surface area contributed by atoms with Crippen LogP contribution in [0.15, 0.2) is 36.4 Å². The van der Waals surface area contributed by atoms with Gasteiger partial charge in [-0.3, -0.25) is 0 Å². The zero-order valence-electron chi connectivity index (χ0n) is 12.4. The van der Waals surface area contributed by atoms with E-state index in [0.29, 0.717) is 6.04 Å². The van der Waals surface area contributed by atoms with Crippen LogP contribution in [-0.4, -0.2) is 13.2 Å². The van der Waals surface area contributed by atoms with Gasteiger partial charge in [0.15, 0.2) is 0 Å². The number of hydrogen-bond donors (Lipinski definition) is 1. The minimum atomic E-state index is 0.439. The third-order valence-electron chi connectivity index (χ3n) is 4.19. The lowest BCUT2D eigenvalue weighted by Gasteiger charge is -2.27. The number of methoxy groups -OCH3 is 1. The van der Waals surface area contributed by atoms with Gasteiger partial charge in [-0.25, -0.2) is 0 Å². The van der Waals surface area contributed by atoms with Gasteiger partial charge in [-0.2, -0.15) is 0 Å². The van der Waals surface area contributed by atoms with Crippen LogP contribution in [0.1, 0.15) is 23.1 Å². The Morgan fingerprint density at radius 2 is 1.95 bits per heavy atom. The van der Waals surface area contributed by atoms with E-state index in [9.17, 15) is 0 Å². The second-order valence-electron chi connectivity index (χ2n) is 5.65. The largest absolute Gasteiger partial charge is 0.495 e. The summed E-state index contributed by atoms with van der Waals surface area (Å²) in [5.41, 5.74) is 5.03. The van der Waals surface area contributed by atoms with E-state index in [1.165, 1.54) is 11.1 Å². The maximum atomic E-state index is 6.17. The first-order chi connectivity index (χ1) is 10.2. The second kappa shape index (κ2) is 5.98. The van der Waals surface area contributed by atoms with Crippen molar-refractivity contribution in [1.82, 2.24) is 0 Å². The van der Waals surface area contributed by atoms with Gasteiger partial charge in [0.1, 0.15) is 5.75 Å². The molecule has 1 N–H and O–H groups in total. The van der Waals surface area contributed by atoms with Gasteiger partial charge >= 0.3 is 0 Å². The second-order valence-corrected chi connectivity index (χ2v) is 6.06. The summed E-state index contributed by atoms with van der Waals surface area (Å²) >= 11 is 6.17. The fraction of sp³-hybridized carbons (Fsp3) is 0.333. The standard InChI is InChI=1S/C18H20ClNO/c1-12-9-17(18(21-2)11-16(12)19)20-15-8-7-13-5-3-4-6-14(13)10-15/h3-6,9,11,15,20H,7-8,10H2,1-2H3. The molecular weight excluding hydrogens is 282 g/mol. The molecule has 0 saturated carbocycles. The molecule has 0 fully saturated rings. The summed E-state index contributed by atoms with van der Waals surface area (Å²) in [7, 11) is 1.68. The smallest absolute Gasteiger partial charge is 0.143 e. The lowest BCUT2D eigenvalue weighted by molar-refractivity contribution is 0.415. The van der Waals surface area contributed by atoms with Crippen LogP contribution in [0.3, 0.4) is 0 Å². The van der Waals surface area contributed by atoms with Crippen LogP contribution in [-0.2, 0) is 12.8 Å². The normalized spacial score (nSPS) is 17.2. The summed E-state index contributed by atoms with van der Waals surface area (Å²) in [5.74, 6) is 0.810. The van der Waals surface area contributed by atoms with Crippen molar-refractivity contribution in [3.05, 3.63) is 58.1 Å². The van der Waals surface area contributed by atoms with Gasteiger partial charge in [0, 0.05) is 17.1 Å². The fourth-order valence-corrected chi connectivity index (χ4v) is 3.14. The molecule has 3 heteroatoms. The highest BCUT2D eigenvalue weighted by Gasteiger charge is 2.19. The molecule has 0 bridgehead atoms. The Balaban J connectivity index is 1.81. The zero-order chi connectivity index (χ0) is 14.8. The summed E-state index contributed by atoms with van der Waals surface area (Å²) in [5, 5.41) is 4.37. The molecule has 0 spiro atoms. The first-order valence-electron chi connectivity index (χ1n) is 7.35. The highest BCUT2D eigenvalue weighted by atomic mass is 35.5. The number of nitrogens with one attached hydrogen (secondary N) is 1. The van der Waals surface area contributed by atoms with E-state index >= 15 is 0 Å². The van der Waals surface area contributed by atoms with Crippen LogP contribution in [0.5, 0.6) is 5.75 Å². The Morgan fingerprint density at radius 3 is 2.71 bits per heavy atom. The van der Waals surface area contributed by atoms with Crippen LogP contribution >= 0.6 is 11.6 Å². The van der Waals surface area contributed by atoms with Crippen molar-refractivity contribution in [3.8, 4) is 5.75 Å². The number of anilines is 1. The molecule has 1 aliphatic rings. The molecule has 2 aromatic rings. The topological polar surface area (TPSA) is 21.3 Å². The average molecular weight is 302 g/mol. The Kier molecular flexibility index (Phi) is 4.07. The van der Waals surface area contributed by atoms with Crippen LogP contribution in [0.25, 0.3) is 0 Å². The first-order valence-corrected chi connectivity index (χ1v) is 7.72. The van der Waals surface area contributed by atoms with Gasteiger partial charge in [-0.1, -0.05) is 35.9 Å². The van der Waals surface area contributed by atoms with Crippen LogP contribution in [0.4, 0.5) is 5.69 Å². The van der Waals surface area contributed by atoms with Crippen molar-refractivity contribution >= 4 is 17.3 Å². The van der Waals surface area contributed by atoms with Gasteiger partial charge in [0.2, 0.25) is 0 Å². The van der Waals surface area contributed by atoms with Crippen molar-refractivity contribution in [2.75, 3.05) is 12.4 Å². The predicted octanol–water partition coefficient (Wildman–Crippen LogP) is 4.63. The molecule has 2 aromatic carbocycles. The molecule has 2 nitrogen and oxygen atoms in total. The SMILES string of the molecule is COc1cc(Cl)c(C)cc1NC1CCc2ccccc2C1. The minimum absolute atomic E-state index is 0.439. The van der Waals surface area contributed by atoms with Crippen LogP contribution in [0, 0.1) is 6.92 Å². The van der Waals surface area contributed by atoms with E-state index in [1.807, 2.05) is 13.0 Å². The van der Waals surface area contributed by atoms with Crippen LogP contribution < -0.4 is 10.1 Å². The number of ether oxygens (including phenoxy) is 1. The quantitative estimate of drug-likeness (QED) is 0.892. The van der Waals surface area contributed by atoms with E-state index in [1.54, 1.807) is 7.11 Å². The van der Waals surface area contributed by atoms with E-state index in [-0.39, 0.29) is 0 Å². The lowest BCUT2D eigenvalue weighted by atomic mass is 9.88. The minimum Gasteiger partial charge on any atom is -0.495 e. The molecule has 1 atom stereocenters. The van der Waals surface area contributed by atoms with E-state index in [2.05, 4.69) is 35.6 Å². The maximum absolute atomic E-state index is 6.17. The number of halogens is 1. The van der Waals surface area contributed by atoms with E-state index in [4.69, 9.17) is 16.3 Å². The van der Waals surface area contributed by atoms with Crippen molar-refractivity contribution in [2.24, 2.45) is 0 Å². The van der Waals surface area contributed by atoms with Gasteiger partial charge in [-0.15, -0.1) is 0 Å². The third kappa shape index (κ3) is 3.01. The highest BCUT2D eigenvalue weighted by molar-refractivity contribution is 6.31. The summed E-state index contributed by atoms with van der Waals surface area (Å²) < 4.78 is 5.45. The first kappa shape index (κ1) is 14.3.